The maximum atomic E-state index is 11.3. The number of rotatable bonds is 4. The van der Waals surface area contributed by atoms with Gasteiger partial charge in [-0.25, -0.2) is 4.98 Å². The van der Waals surface area contributed by atoms with Crippen LogP contribution in [0.1, 0.15) is 13.8 Å². The Hall–Kier alpha value is -0.630. The molecule has 0 aromatic carbocycles. The van der Waals surface area contributed by atoms with Crippen molar-refractivity contribution < 1.29 is 0 Å². The van der Waals surface area contributed by atoms with E-state index in [4.69, 9.17) is 5.73 Å². The van der Waals surface area contributed by atoms with E-state index in [0.29, 0.717) is 21.9 Å². The van der Waals surface area contributed by atoms with Crippen molar-refractivity contribution >= 4 is 28.4 Å². The normalized spacial score (nSPS) is 14.7. The van der Waals surface area contributed by atoms with Crippen molar-refractivity contribution in [2.75, 3.05) is 11.9 Å². The van der Waals surface area contributed by atoms with E-state index in [9.17, 15) is 4.79 Å². The number of nitrogens with zero attached hydrogens (tertiary/aromatic N) is 1. The molecule has 1 aromatic rings. The molecule has 1 heterocycles. The van der Waals surface area contributed by atoms with E-state index < -0.39 is 0 Å². The minimum absolute atomic E-state index is 0.124. The average Bonchev–Trinajstić information content (AvgIpc) is 2.23. The molecule has 0 aliphatic heterocycles. The molecule has 0 saturated heterocycles. The van der Waals surface area contributed by atoms with Crippen molar-refractivity contribution in [3.8, 4) is 0 Å². The molecule has 2 atom stereocenters. The summed E-state index contributed by atoms with van der Waals surface area (Å²) < 4.78 is 0.575. The second kappa shape index (κ2) is 5.45. The summed E-state index contributed by atoms with van der Waals surface area (Å²) >= 11 is 1.97. The van der Waals surface area contributed by atoms with Crippen molar-refractivity contribution in [2.24, 2.45) is 11.7 Å². The zero-order valence-electron chi connectivity index (χ0n) is 8.75. The molecular weight excluding hydrogens is 307 g/mol. The molecule has 0 amide bonds. The molecule has 1 aromatic heterocycles. The van der Waals surface area contributed by atoms with Gasteiger partial charge in [-0.15, -0.1) is 0 Å². The Bertz CT molecular complexity index is 379. The minimum atomic E-state index is -0.124. The van der Waals surface area contributed by atoms with E-state index in [0.717, 1.165) is 0 Å². The fourth-order valence-electron chi connectivity index (χ4n) is 1.05. The average molecular weight is 322 g/mol. The number of hydrogen-bond donors (Lipinski definition) is 3. The molecule has 0 bridgehead atoms. The highest BCUT2D eigenvalue weighted by Crippen LogP contribution is 2.13. The maximum absolute atomic E-state index is 11.3. The van der Waals surface area contributed by atoms with Crippen molar-refractivity contribution in [1.82, 2.24) is 9.97 Å². The second-order valence-electron chi connectivity index (χ2n) is 3.54. The van der Waals surface area contributed by atoms with Gasteiger partial charge in [0.1, 0.15) is 9.39 Å². The first kappa shape index (κ1) is 12.4. The summed E-state index contributed by atoms with van der Waals surface area (Å²) in [5.41, 5.74) is 5.44. The Labute approximate surface area is 102 Å². The molecule has 2 unspecified atom stereocenters. The molecule has 1 rings (SSSR count). The number of halogens is 1. The van der Waals surface area contributed by atoms with Crippen LogP contribution < -0.4 is 16.6 Å². The lowest BCUT2D eigenvalue weighted by atomic mass is 10.0. The van der Waals surface area contributed by atoms with Crippen molar-refractivity contribution in [3.05, 3.63) is 20.3 Å². The topological polar surface area (TPSA) is 83.8 Å². The van der Waals surface area contributed by atoms with Crippen LogP contribution in [0.2, 0.25) is 0 Å². The quantitative estimate of drug-likeness (QED) is 0.715. The third kappa shape index (κ3) is 3.16. The molecule has 0 spiro atoms. The highest BCUT2D eigenvalue weighted by atomic mass is 127. The summed E-state index contributed by atoms with van der Waals surface area (Å²) in [6.45, 7) is 4.68. The molecule has 15 heavy (non-hydrogen) atoms. The number of aromatic amines is 1. The van der Waals surface area contributed by atoms with Gasteiger partial charge in [0, 0.05) is 6.04 Å². The number of nitrogens with two attached hydrogens (primary N) is 1. The van der Waals surface area contributed by atoms with Crippen LogP contribution in [0.4, 0.5) is 5.82 Å². The van der Waals surface area contributed by atoms with Crippen LogP contribution >= 0.6 is 22.6 Å². The zero-order valence-corrected chi connectivity index (χ0v) is 10.9. The molecule has 0 radical (unpaired) electrons. The highest BCUT2D eigenvalue weighted by Gasteiger charge is 2.13. The number of hydrogen-bond acceptors (Lipinski definition) is 4. The molecular formula is C9H15IN4O. The number of aromatic nitrogens is 2. The lowest BCUT2D eigenvalue weighted by Gasteiger charge is -2.20. The summed E-state index contributed by atoms with van der Waals surface area (Å²) in [7, 11) is 0. The fraction of sp³-hybridized carbons (Fsp3) is 0.556. The lowest BCUT2D eigenvalue weighted by molar-refractivity contribution is 0.519. The molecule has 0 aliphatic carbocycles. The zero-order chi connectivity index (χ0) is 11.4. The largest absolute Gasteiger partial charge is 0.366 e. The lowest BCUT2D eigenvalue weighted by Crippen LogP contribution is -2.31. The minimum Gasteiger partial charge on any atom is -0.366 e. The Morgan fingerprint density at radius 1 is 1.67 bits per heavy atom. The molecule has 0 saturated carbocycles. The van der Waals surface area contributed by atoms with Gasteiger partial charge in [0.2, 0.25) is 0 Å². The predicted octanol–water partition coefficient (Wildman–Crippen LogP) is 0.770. The van der Waals surface area contributed by atoms with Crippen LogP contribution in [-0.2, 0) is 0 Å². The second-order valence-corrected chi connectivity index (χ2v) is 4.62. The van der Waals surface area contributed by atoms with Crippen LogP contribution in [0.15, 0.2) is 11.1 Å². The Morgan fingerprint density at radius 3 is 2.93 bits per heavy atom. The van der Waals surface area contributed by atoms with Crippen LogP contribution in [0.5, 0.6) is 0 Å². The van der Waals surface area contributed by atoms with Gasteiger partial charge in [-0.1, -0.05) is 6.92 Å². The van der Waals surface area contributed by atoms with E-state index >= 15 is 0 Å². The monoisotopic (exact) mass is 322 g/mol. The van der Waals surface area contributed by atoms with E-state index in [-0.39, 0.29) is 11.6 Å². The summed E-state index contributed by atoms with van der Waals surface area (Å²) in [5.74, 6) is 0.953. The number of nitrogens with one attached hydrogen (secondary N) is 2. The van der Waals surface area contributed by atoms with Gasteiger partial charge in [-0.05, 0) is 42.0 Å². The van der Waals surface area contributed by atoms with Crippen LogP contribution in [0, 0.1) is 9.49 Å². The van der Waals surface area contributed by atoms with Crippen molar-refractivity contribution in [3.63, 3.8) is 0 Å². The van der Waals surface area contributed by atoms with Gasteiger partial charge >= 0.3 is 0 Å². The highest BCUT2D eigenvalue weighted by molar-refractivity contribution is 14.1. The van der Waals surface area contributed by atoms with Gasteiger partial charge in [0.05, 0.1) is 6.33 Å². The van der Waals surface area contributed by atoms with Gasteiger partial charge in [0.15, 0.2) is 0 Å². The Morgan fingerprint density at radius 2 is 2.33 bits per heavy atom. The van der Waals surface area contributed by atoms with Crippen molar-refractivity contribution in [1.29, 1.82) is 0 Å². The van der Waals surface area contributed by atoms with Crippen molar-refractivity contribution in [2.45, 2.75) is 19.9 Å². The van der Waals surface area contributed by atoms with Crippen LogP contribution in [0.25, 0.3) is 0 Å². The van der Waals surface area contributed by atoms with E-state index in [2.05, 4.69) is 22.2 Å². The van der Waals surface area contributed by atoms with Crippen LogP contribution in [0.3, 0.4) is 0 Å². The Kier molecular flexibility index (Phi) is 4.52. The number of H-pyrrole nitrogens is 1. The molecule has 84 valence electrons. The Balaban J connectivity index is 2.81. The smallest absolute Gasteiger partial charge is 0.266 e. The van der Waals surface area contributed by atoms with Gasteiger partial charge < -0.3 is 16.0 Å². The van der Waals surface area contributed by atoms with Gasteiger partial charge in [-0.3, -0.25) is 4.79 Å². The summed E-state index contributed by atoms with van der Waals surface area (Å²) in [5, 5.41) is 3.18. The maximum Gasteiger partial charge on any atom is 0.266 e. The first-order valence-electron chi connectivity index (χ1n) is 4.76. The molecule has 5 nitrogen and oxygen atoms in total. The molecule has 6 heteroatoms. The fourth-order valence-corrected chi connectivity index (χ4v) is 1.50. The van der Waals surface area contributed by atoms with Crippen LogP contribution in [-0.4, -0.2) is 22.6 Å². The summed E-state index contributed by atoms with van der Waals surface area (Å²) in [4.78, 5) is 17.9. The van der Waals surface area contributed by atoms with E-state index in [1.807, 2.05) is 29.5 Å². The summed E-state index contributed by atoms with van der Waals surface area (Å²) in [6, 6.07) is 0.192. The standard InChI is InChI=1S/C9H15IN4O/c1-5(3-11)6(2)14-8-7(10)9(15)13-4-12-8/h4-6H,3,11H2,1-2H3,(H2,12,13,14,15). The third-order valence-corrected chi connectivity index (χ3v) is 3.39. The summed E-state index contributed by atoms with van der Waals surface area (Å²) in [6.07, 6.45) is 1.40. The van der Waals surface area contributed by atoms with E-state index in [1.54, 1.807) is 0 Å². The molecule has 0 fully saturated rings. The van der Waals surface area contributed by atoms with E-state index in [1.165, 1.54) is 6.33 Å². The third-order valence-electron chi connectivity index (χ3n) is 2.39. The first-order chi connectivity index (χ1) is 7.06. The number of anilines is 1. The van der Waals surface area contributed by atoms with Gasteiger partial charge in [0.25, 0.3) is 5.56 Å². The SMILES string of the molecule is CC(CN)C(C)Nc1nc[nH]c(=O)c1I. The molecule has 4 N–H and O–H groups in total. The first-order valence-corrected chi connectivity index (χ1v) is 5.84. The van der Waals surface area contributed by atoms with Gasteiger partial charge in [-0.2, -0.15) is 0 Å². The predicted molar refractivity (Wildman–Crippen MR) is 68.9 cm³/mol. The molecule has 0 aliphatic rings.